The van der Waals surface area contributed by atoms with Crippen LogP contribution in [0.1, 0.15) is 44.6 Å². The summed E-state index contributed by atoms with van der Waals surface area (Å²) in [6.45, 7) is 0.461. The molecule has 1 N–H and O–H groups in total. The number of hydrogen-bond acceptors (Lipinski definition) is 9. The highest BCUT2D eigenvalue weighted by molar-refractivity contribution is 14.1. The predicted molar refractivity (Wildman–Crippen MR) is 125 cm³/mol. The van der Waals surface area contributed by atoms with Crippen LogP contribution in [0.5, 0.6) is 0 Å². The Morgan fingerprint density at radius 1 is 1.26 bits per heavy atom. The fourth-order valence-electron chi connectivity index (χ4n) is 2.82. The van der Waals surface area contributed by atoms with Crippen molar-refractivity contribution in [1.82, 2.24) is 7.76 Å². The van der Waals surface area contributed by atoms with E-state index in [2.05, 4.69) is 9.17 Å². The fourth-order valence-corrected chi connectivity index (χ4v) is 3.96. The number of carbonyl (C=O) groups excluding carboxylic acids is 2. The minimum Gasteiger partial charge on any atom is -0.434 e. The van der Waals surface area contributed by atoms with Gasteiger partial charge in [0.15, 0.2) is 18.4 Å². The number of imidazole rings is 1. The predicted octanol–water partition coefficient (Wildman–Crippen LogP) is 3.62. The maximum Gasteiger partial charge on any atom is 0.510 e. The zero-order chi connectivity index (χ0) is 26.2. The molecule has 2 rings (SSSR count). The van der Waals surface area contributed by atoms with Gasteiger partial charge in [-0.05, 0) is 12.5 Å². The summed E-state index contributed by atoms with van der Waals surface area (Å²) in [5.74, 6) is -2.77. The molecule has 0 atom stereocenters. The number of ether oxygens (including phenoxy) is 2. The third-order valence-corrected chi connectivity index (χ3v) is 5.84. The normalized spacial score (nSPS) is 11.3. The van der Waals surface area contributed by atoms with Crippen LogP contribution >= 0.6 is 22.9 Å². The zero-order valence-corrected chi connectivity index (χ0v) is 21.3. The van der Waals surface area contributed by atoms with Crippen LogP contribution in [0, 0.1) is 23.0 Å². The third kappa shape index (κ3) is 7.95. The van der Waals surface area contributed by atoms with Crippen LogP contribution in [0.3, 0.4) is 0 Å². The van der Waals surface area contributed by atoms with Crippen molar-refractivity contribution in [3.63, 3.8) is 0 Å². The van der Waals surface area contributed by atoms with Crippen molar-refractivity contribution in [2.45, 2.75) is 39.0 Å². The van der Waals surface area contributed by atoms with E-state index in [0.717, 1.165) is 20.5 Å². The lowest BCUT2D eigenvalue weighted by Gasteiger charge is -2.20. The van der Waals surface area contributed by atoms with E-state index in [4.69, 9.17) is 19.3 Å². The van der Waals surface area contributed by atoms with E-state index in [0.29, 0.717) is 12.5 Å². The quantitative estimate of drug-likeness (QED) is 0.121. The van der Waals surface area contributed by atoms with Crippen LogP contribution < -0.4 is 4.90 Å². The van der Waals surface area contributed by atoms with E-state index >= 15 is 0 Å². The molecule has 1 heterocycles. The molecule has 16 heteroatoms. The summed E-state index contributed by atoms with van der Waals surface area (Å²) in [6, 6.07) is 2.24. The summed E-state index contributed by atoms with van der Waals surface area (Å²) in [6.07, 6.45) is 0.806. The summed E-state index contributed by atoms with van der Waals surface area (Å²) in [4.78, 5) is 29.6. The maximum atomic E-state index is 14.7. The Morgan fingerprint density at radius 3 is 2.60 bits per heavy atom. The van der Waals surface area contributed by atoms with Gasteiger partial charge in [-0.2, -0.15) is 13.7 Å². The second-order valence-electron chi connectivity index (χ2n) is 6.98. The number of rotatable bonds is 12. The van der Waals surface area contributed by atoms with Crippen LogP contribution in [0.2, 0.25) is 0 Å². The smallest absolute Gasteiger partial charge is 0.434 e. The molecule has 0 fully saturated rings. The molecule has 0 aliphatic heterocycles. The summed E-state index contributed by atoms with van der Waals surface area (Å²) in [5, 5.41) is 9.03. The lowest BCUT2D eigenvalue weighted by molar-refractivity contribution is -0.119. The van der Waals surface area contributed by atoms with Gasteiger partial charge in [0.05, 0.1) is 41.6 Å². The number of unbranched alkanes of at least 4 members (excludes halogenated alkanes) is 2. The summed E-state index contributed by atoms with van der Waals surface area (Å²) in [5.41, 5.74) is -1.32. The van der Waals surface area contributed by atoms with Gasteiger partial charge in [-0.15, -0.1) is 0 Å². The second-order valence-corrected chi connectivity index (χ2v) is 9.03. The topological polar surface area (TPSA) is 161 Å². The average Bonchev–Trinajstić information content (AvgIpc) is 3.13. The first kappa shape index (κ1) is 28.6. The molecule has 1 aromatic heterocycles. The molecule has 0 bridgehead atoms. The first-order chi connectivity index (χ1) is 16.5. The number of benzene rings is 1. The van der Waals surface area contributed by atoms with Gasteiger partial charge in [0.25, 0.3) is 0 Å². The van der Waals surface area contributed by atoms with E-state index in [1.54, 1.807) is 28.9 Å². The van der Waals surface area contributed by atoms with Crippen molar-refractivity contribution in [3.8, 4) is 6.07 Å². The van der Waals surface area contributed by atoms with Crippen molar-refractivity contribution < 1.29 is 45.0 Å². The zero-order valence-electron chi connectivity index (χ0n) is 18.4. The fraction of sp³-hybridized carbons (Fsp3) is 0.474. The number of fused-ring (bicyclic) bond motifs is 1. The molecule has 192 valence electrons. The van der Waals surface area contributed by atoms with Gasteiger partial charge < -0.3 is 9.47 Å². The molecule has 0 spiro atoms. The molecule has 1 aromatic carbocycles. The van der Waals surface area contributed by atoms with Crippen LogP contribution in [-0.4, -0.2) is 52.7 Å². The number of halogens is 3. The maximum absolute atomic E-state index is 14.7. The van der Waals surface area contributed by atoms with E-state index in [1.165, 1.54) is 0 Å². The Balaban J connectivity index is 2.20. The van der Waals surface area contributed by atoms with E-state index in [1.807, 2.05) is 6.92 Å². The Hall–Kier alpha value is -2.62. The molecule has 0 aliphatic rings. The Morgan fingerprint density at radius 2 is 1.97 bits per heavy atom. The lowest BCUT2D eigenvalue weighted by Crippen LogP contribution is -2.35. The lowest BCUT2D eigenvalue weighted by atomic mass is 10.2. The minimum atomic E-state index is -4.62. The highest BCUT2D eigenvalue weighted by Crippen LogP contribution is 2.31. The van der Waals surface area contributed by atoms with Crippen LogP contribution in [0.4, 0.5) is 19.5 Å². The summed E-state index contributed by atoms with van der Waals surface area (Å²) >= 11 is 1.59. The number of nitriles is 1. The molecule has 0 aliphatic carbocycles. The van der Waals surface area contributed by atoms with E-state index in [-0.39, 0.29) is 30.9 Å². The molecule has 35 heavy (non-hydrogen) atoms. The van der Waals surface area contributed by atoms with Gasteiger partial charge in [-0.3, -0.25) is 9.35 Å². The van der Waals surface area contributed by atoms with Crippen LogP contribution in [0.15, 0.2) is 6.07 Å². The van der Waals surface area contributed by atoms with Gasteiger partial charge in [0.1, 0.15) is 17.1 Å². The van der Waals surface area contributed by atoms with E-state index < -0.39 is 58.5 Å². The van der Waals surface area contributed by atoms with Crippen molar-refractivity contribution in [1.29, 1.82) is 5.26 Å². The molecular formula is C19H21F2IN4O8S. The Kier molecular flexibility index (Phi) is 10.5. The van der Waals surface area contributed by atoms with Crippen LogP contribution in [0.25, 0.3) is 11.0 Å². The largest absolute Gasteiger partial charge is 0.510 e. The third-order valence-electron chi connectivity index (χ3n) is 4.46. The molecular weight excluding hydrogens is 609 g/mol. The summed E-state index contributed by atoms with van der Waals surface area (Å²) < 4.78 is 73.3. The van der Waals surface area contributed by atoms with Gasteiger partial charge in [0, 0.05) is 12.8 Å². The van der Waals surface area contributed by atoms with Crippen molar-refractivity contribution in [2.75, 3.05) is 24.8 Å². The molecule has 2 aromatic rings. The standard InChI is InChI=1S/C19H21F2IN4O8S/c1-2-3-4-6-14(27)25(11-33-19(28)32-7-5-8-34-35(29,30)31)18-24-16-13(20)9-12(10-23)15(21)17(16)26(18)22/h9H,2-8,11H2,1H3,(H,29,30,31). The molecule has 0 saturated carbocycles. The number of aromatic nitrogens is 2. The number of hydrogen-bond donors (Lipinski definition) is 1. The van der Waals surface area contributed by atoms with Gasteiger partial charge in [0.2, 0.25) is 11.9 Å². The van der Waals surface area contributed by atoms with E-state index in [9.17, 15) is 26.8 Å². The highest BCUT2D eigenvalue weighted by atomic mass is 127. The van der Waals surface area contributed by atoms with Crippen LogP contribution in [-0.2, 0) is 28.9 Å². The second kappa shape index (κ2) is 12.9. The van der Waals surface area contributed by atoms with Crippen molar-refractivity contribution >= 4 is 62.3 Å². The first-order valence-electron chi connectivity index (χ1n) is 10.2. The molecule has 12 nitrogen and oxygen atoms in total. The Bertz CT molecular complexity index is 1230. The average molecular weight is 630 g/mol. The molecule has 0 saturated heterocycles. The number of nitrogens with zero attached hydrogens (tertiary/aromatic N) is 4. The monoisotopic (exact) mass is 630 g/mol. The number of carbonyl (C=O) groups is 2. The SMILES string of the molecule is CCCCCC(=O)N(COC(=O)OCCCOS(=O)(=O)O)c1nc2c(F)cc(C#N)c(F)c2n1I. The minimum absolute atomic E-state index is 0.0352. The van der Waals surface area contributed by atoms with Gasteiger partial charge >= 0.3 is 16.6 Å². The van der Waals surface area contributed by atoms with Crippen molar-refractivity contribution in [3.05, 3.63) is 23.3 Å². The first-order valence-corrected chi connectivity index (χ1v) is 12.5. The number of amides is 1. The number of anilines is 1. The Labute approximate surface area is 213 Å². The summed E-state index contributed by atoms with van der Waals surface area (Å²) in [7, 11) is -4.62. The molecule has 0 unspecified atom stereocenters. The molecule has 1 amide bonds. The van der Waals surface area contributed by atoms with Gasteiger partial charge in [-0.1, -0.05) is 19.8 Å². The molecule has 0 radical (unpaired) electrons. The van der Waals surface area contributed by atoms with Gasteiger partial charge in [-0.25, -0.2) is 30.4 Å². The highest BCUT2D eigenvalue weighted by Gasteiger charge is 2.27. The van der Waals surface area contributed by atoms with Crippen molar-refractivity contribution in [2.24, 2.45) is 0 Å².